The second-order valence-corrected chi connectivity index (χ2v) is 8.35. The highest BCUT2D eigenvalue weighted by atomic mass is 14.5. The van der Waals surface area contributed by atoms with Crippen LogP contribution in [0.4, 0.5) is 0 Å². The quantitative estimate of drug-likeness (QED) is 0.686. The lowest BCUT2D eigenvalue weighted by Gasteiger charge is -2.45. The molecule has 2 heteroatoms. The van der Waals surface area contributed by atoms with E-state index in [1.54, 1.807) is 0 Å². The minimum atomic E-state index is -0.317. The molecule has 0 aliphatic carbocycles. The molecule has 0 aromatic heterocycles. The highest BCUT2D eigenvalue weighted by Crippen LogP contribution is 2.49. The van der Waals surface area contributed by atoms with Gasteiger partial charge in [-0.15, -0.1) is 0 Å². The van der Waals surface area contributed by atoms with Crippen molar-refractivity contribution >= 4 is 0 Å². The maximum absolute atomic E-state index is 9.27. The van der Waals surface area contributed by atoms with E-state index in [0.717, 1.165) is 12.8 Å². The van der Waals surface area contributed by atoms with Gasteiger partial charge >= 0.3 is 0 Å². The van der Waals surface area contributed by atoms with Crippen LogP contribution in [0.25, 0.3) is 0 Å². The lowest BCUT2D eigenvalue weighted by molar-refractivity contribution is 0.0421. The van der Waals surface area contributed by atoms with Crippen molar-refractivity contribution in [3.8, 4) is 12.1 Å². The molecule has 0 aromatic rings. The summed E-state index contributed by atoms with van der Waals surface area (Å²) in [6, 6.07) is 4.76. The van der Waals surface area contributed by atoms with E-state index in [1.807, 2.05) is 20.8 Å². The molecule has 0 heterocycles. The Morgan fingerprint density at radius 2 is 1.42 bits per heavy atom. The Labute approximate surface area is 119 Å². The van der Waals surface area contributed by atoms with Gasteiger partial charge in [0.15, 0.2) is 0 Å². The monoisotopic (exact) mass is 262 g/mol. The minimum Gasteiger partial charge on any atom is -0.198 e. The molecule has 0 saturated carbocycles. The molecular weight excluding hydrogens is 232 g/mol. The number of nitriles is 2. The number of hydrogen-bond donors (Lipinski definition) is 0. The van der Waals surface area contributed by atoms with Crippen LogP contribution in [0.3, 0.4) is 0 Å². The summed E-state index contributed by atoms with van der Waals surface area (Å²) in [6.07, 6.45) is 1.76. The molecule has 0 amide bonds. The van der Waals surface area contributed by atoms with E-state index < -0.39 is 0 Å². The molecule has 108 valence electrons. The molecule has 0 aromatic carbocycles. The van der Waals surface area contributed by atoms with Crippen LogP contribution in [0.2, 0.25) is 0 Å². The zero-order valence-corrected chi connectivity index (χ0v) is 14.0. The third kappa shape index (κ3) is 5.65. The Balaban J connectivity index is 5.27. The van der Waals surface area contributed by atoms with E-state index in [2.05, 4.69) is 46.8 Å². The average Bonchev–Trinajstić information content (AvgIpc) is 2.22. The average molecular weight is 262 g/mol. The Kier molecular flexibility index (Phi) is 5.64. The molecule has 0 bridgehead atoms. The van der Waals surface area contributed by atoms with Crippen molar-refractivity contribution < 1.29 is 0 Å². The third-order valence-electron chi connectivity index (χ3n) is 4.00. The van der Waals surface area contributed by atoms with E-state index in [0.29, 0.717) is 5.92 Å². The molecular formula is C17H30N2. The minimum absolute atomic E-state index is 0.0442. The van der Waals surface area contributed by atoms with Gasteiger partial charge in [-0.3, -0.25) is 0 Å². The summed E-state index contributed by atoms with van der Waals surface area (Å²) >= 11 is 0. The van der Waals surface area contributed by atoms with Gasteiger partial charge in [0.25, 0.3) is 0 Å². The Bertz CT molecular complexity index is 372. The molecule has 19 heavy (non-hydrogen) atoms. The summed E-state index contributed by atoms with van der Waals surface area (Å²) in [5, 5.41) is 18.4. The normalized spacial score (nSPS) is 16.3. The Morgan fingerprint density at radius 3 is 1.74 bits per heavy atom. The standard InChI is InChI=1S/C17H30N2/c1-13(10-18)9-14(15(2,3)4)17(7,8)11-16(5,6)12-19/h13-14H,9,11H2,1-8H3. The predicted octanol–water partition coefficient (Wildman–Crippen LogP) is 5.16. The summed E-state index contributed by atoms with van der Waals surface area (Å²) < 4.78 is 0. The Hall–Kier alpha value is -1.02. The van der Waals surface area contributed by atoms with Crippen LogP contribution in [0.15, 0.2) is 0 Å². The third-order valence-corrected chi connectivity index (χ3v) is 4.00. The highest BCUT2D eigenvalue weighted by Gasteiger charge is 2.41. The fourth-order valence-electron chi connectivity index (χ4n) is 3.55. The van der Waals surface area contributed by atoms with Crippen molar-refractivity contribution in [2.75, 3.05) is 0 Å². The van der Waals surface area contributed by atoms with Gasteiger partial charge in [-0.25, -0.2) is 0 Å². The van der Waals surface area contributed by atoms with Crippen LogP contribution in [-0.2, 0) is 0 Å². The van der Waals surface area contributed by atoms with E-state index in [4.69, 9.17) is 5.26 Å². The van der Waals surface area contributed by atoms with Crippen LogP contribution in [0.5, 0.6) is 0 Å². The first kappa shape index (κ1) is 18.0. The van der Waals surface area contributed by atoms with E-state index in [1.165, 1.54) is 0 Å². The van der Waals surface area contributed by atoms with Gasteiger partial charge in [0.2, 0.25) is 0 Å². The lowest BCUT2D eigenvalue weighted by Crippen LogP contribution is -2.38. The maximum atomic E-state index is 9.27. The van der Waals surface area contributed by atoms with Gasteiger partial charge in [-0.05, 0) is 50.4 Å². The first-order chi connectivity index (χ1) is 8.35. The fraction of sp³-hybridized carbons (Fsp3) is 0.882. The zero-order chi connectivity index (χ0) is 15.5. The van der Waals surface area contributed by atoms with E-state index in [-0.39, 0.29) is 22.2 Å². The molecule has 0 radical (unpaired) electrons. The van der Waals surface area contributed by atoms with Gasteiger partial charge in [0, 0.05) is 5.92 Å². The lowest BCUT2D eigenvalue weighted by atomic mass is 9.59. The van der Waals surface area contributed by atoms with Gasteiger partial charge in [-0.2, -0.15) is 10.5 Å². The first-order valence-corrected chi connectivity index (χ1v) is 7.16. The van der Waals surface area contributed by atoms with Crippen LogP contribution < -0.4 is 0 Å². The molecule has 0 aliphatic rings. The molecule has 0 aliphatic heterocycles. The van der Waals surface area contributed by atoms with Crippen molar-refractivity contribution in [3.05, 3.63) is 0 Å². The van der Waals surface area contributed by atoms with Gasteiger partial charge in [0.1, 0.15) is 0 Å². The topological polar surface area (TPSA) is 47.6 Å². The molecule has 0 rings (SSSR count). The molecule has 0 saturated heterocycles. The van der Waals surface area contributed by atoms with E-state index in [9.17, 15) is 5.26 Å². The molecule has 0 spiro atoms. The SMILES string of the molecule is CC(C#N)CC(C(C)(C)C)C(C)(C)CC(C)(C)C#N. The summed E-state index contributed by atoms with van der Waals surface area (Å²) in [4.78, 5) is 0. The number of rotatable bonds is 5. The first-order valence-electron chi connectivity index (χ1n) is 7.16. The van der Waals surface area contributed by atoms with Crippen molar-refractivity contribution in [1.82, 2.24) is 0 Å². The van der Waals surface area contributed by atoms with Crippen LogP contribution in [0.1, 0.15) is 68.2 Å². The molecule has 2 unspecified atom stereocenters. The van der Waals surface area contributed by atoms with Crippen LogP contribution in [0, 0.1) is 50.7 Å². The highest BCUT2D eigenvalue weighted by molar-refractivity contribution is 4.99. The van der Waals surface area contributed by atoms with Gasteiger partial charge in [-0.1, -0.05) is 34.6 Å². The number of hydrogen-bond acceptors (Lipinski definition) is 2. The predicted molar refractivity (Wildman–Crippen MR) is 80.1 cm³/mol. The van der Waals surface area contributed by atoms with Gasteiger partial charge in [0.05, 0.1) is 17.6 Å². The Morgan fingerprint density at radius 1 is 0.947 bits per heavy atom. The second-order valence-electron chi connectivity index (χ2n) is 8.35. The molecule has 2 nitrogen and oxygen atoms in total. The van der Waals surface area contributed by atoms with Crippen LogP contribution in [-0.4, -0.2) is 0 Å². The summed E-state index contributed by atoms with van der Waals surface area (Å²) in [5.74, 6) is 0.482. The molecule has 2 atom stereocenters. The molecule has 0 fully saturated rings. The largest absolute Gasteiger partial charge is 0.198 e. The zero-order valence-electron chi connectivity index (χ0n) is 14.0. The number of nitrogens with zero attached hydrogens (tertiary/aromatic N) is 2. The van der Waals surface area contributed by atoms with Crippen molar-refractivity contribution in [3.63, 3.8) is 0 Å². The van der Waals surface area contributed by atoms with Crippen molar-refractivity contribution in [2.45, 2.75) is 68.2 Å². The van der Waals surface area contributed by atoms with E-state index >= 15 is 0 Å². The smallest absolute Gasteiger partial charge is 0.0684 e. The van der Waals surface area contributed by atoms with Crippen molar-refractivity contribution in [1.29, 1.82) is 10.5 Å². The van der Waals surface area contributed by atoms with Crippen LogP contribution >= 0.6 is 0 Å². The maximum Gasteiger partial charge on any atom is 0.0684 e. The second kappa shape index (κ2) is 5.96. The van der Waals surface area contributed by atoms with Crippen molar-refractivity contribution in [2.24, 2.45) is 28.1 Å². The fourth-order valence-corrected chi connectivity index (χ4v) is 3.55. The van der Waals surface area contributed by atoms with Gasteiger partial charge < -0.3 is 0 Å². The summed E-state index contributed by atoms with van der Waals surface area (Å²) in [5.41, 5.74) is -0.133. The summed E-state index contributed by atoms with van der Waals surface area (Å²) in [7, 11) is 0. The molecule has 0 N–H and O–H groups in total. The summed E-state index contributed by atoms with van der Waals surface area (Å²) in [6.45, 7) is 17.2.